The van der Waals surface area contributed by atoms with Gasteiger partial charge in [0.2, 0.25) is 0 Å². The van der Waals surface area contributed by atoms with Gasteiger partial charge < -0.3 is 15.4 Å². The van der Waals surface area contributed by atoms with Gasteiger partial charge in [-0.2, -0.15) is 13.2 Å². The molecule has 0 aliphatic carbocycles. The van der Waals surface area contributed by atoms with Crippen molar-refractivity contribution in [1.29, 1.82) is 0 Å². The Labute approximate surface area is 126 Å². The largest absolute Gasteiger partial charge is 0.417 e. The summed E-state index contributed by atoms with van der Waals surface area (Å²) in [6.07, 6.45) is -4.49. The molecule has 7 heteroatoms. The number of anilines is 1. The minimum atomic E-state index is -4.49. The Morgan fingerprint density at radius 3 is 2.57 bits per heavy atom. The van der Waals surface area contributed by atoms with E-state index in [-0.39, 0.29) is 10.6 Å². The van der Waals surface area contributed by atoms with Gasteiger partial charge in [0.1, 0.15) is 4.99 Å². The van der Waals surface area contributed by atoms with Crippen molar-refractivity contribution in [2.24, 2.45) is 5.73 Å². The second-order valence-electron chi connectivity index (χ2n) is 5.62. The van der Waals surface area contributed by atoms with E-state index in [0.29, 0.717) is 25.4 Å². The summed E-state index contributed by atoms with van der Waals surface area (Å²) in [4.78, 5) is 1.62. The summed E-state index contributed by atoms with van der Waals surface area (Å²) in [5.74, 6) is 0. The number of nitrogens with zero attached hydrogens (tertiary/aromatic N) is 1. The summed E-state index contributed by atoms with van der Waals surface area (Å²) in [5, 5.41) is 0. The number of morpholine rings is 1. The molecule has 1 fully saturated rings. The molecular formula is C14H17F3N2OS. The number of hydrogen-bond acceptors (Lipinski definition) is 3. The molecule has 0 radical (unpaired) electrons. The molecule has 2 rings (SSSR count). The third kappa shape index (κ3) is 3.65. The Bertz CT molecular complexity index is 558. The van der Waals surface area contributed by atoms with Crippen LogP contribution in [-0.2, 0) is 10.9 Å². The number of benzene rings is 1. The summed E-state index contributed by atoms with van der Waals surface area (Å²) in [6, 6.07) is 4.06. The van der Waals surface area contributed by atoms with E-state index in [1.807, 2.05) is 18.7 Å². The smallest absolute Gasteiger partial charge is 0.389 e. The standard InChI is InChI=1S/C14H17F3N2OS/c1-13(2)8-19(5-6-20-13)9-3-4-10(12(18)21)11(7-9)14(15,16)17/h3-4,7H,5-6,8H2,1-2H3,(H2,18,21). The van der Waals surface area contributed by atoms with Crippen LogP contribution in [0.5, 0.6) is 0 Å². The summed E-state index contributed by atoms with van der Waals surface area (Å²) < 4.78 is 45.0. The molecule has 1 heterocycles. The molecule has 21 heavy (non-hydrogen) atoms. The molecule has 1 aliphatic rings. The number of alkyl halides is 3. The van der Waals surface area contributed by atoms with Crippen LogP contribution in [0.15, 0.2) is 18.2 Å². The molecule has 0 atom stereocenters. The van der Waals surface area contributed by atoms with Gasteiger partial charge in [-0.3, -0.25) is 0 Å². The number of rotatable bonds is 2. The maximum atomic E-state index is 13.1. The van der Waals surface area contributed by atoms with Gasteiger partial charge in [-0.1, -0.05) is 12.2 Å². The molecule has 0 bridgehead atoms. The van der Waals surface area contributed by atoms with Gasteiger partial charge in [-0.25, -0.2) is 0 Å². The third-order valence-electron chi connectivity index (χ3n) is 3.36. The van der Waals surface area contributed by atoms with Crippen LogP contribution in [0.2, 0.25) is 0 Å². The van der Waals surface area contributed by atoms with Crippen molar-refractivity contribution in [2.45, 2.75) is 25.6 Å². The quantitative estimate of drug-likeness (QED) is 0.851. The topological polar surface area (TPSA) is 38.5 Å². The lowest BCUT2D eigenvalue weighted by molar-refractivity contribution is -0.137. The van der Waals surface area contributed by atoms with E-state index in [2.05, 4.69) is 0 Å². The zero-order chi connectivity index (χ0) is 15.8. The minimum Gasteiger partial charge on any atom is -0.389 e. The fourth-order valence-electron chi connectivity index (χ4n) is 2.42. The predicted octanol–water partition coefficient (Wildman–Crippen LogP) is 2.95. The summed E-state index contributed by atoms with van der Waals surface area (Å²) in [7, 11) is 0. The first-order valence-electron chi connectivity index (χ1n) is 6.50. The van der Waals surface area contributed by atoms with Crippen molar-refractivity contribution in [3.8, 4) is 0 Å². The van der Waals surface area contributed by atoms with Crippen LogP contribution in [-0.4, -0.2) is 30.3 Å². The van der Waals surface area contributed by atoms with Crippen molar-refractivity contribution in [3.63, 3.8) is 0 Å². The molecule has 0 unspecified atom stereocenters. The molecule has 3 nitrogen and oxygen atoms in total. The van der Waals surface area contributed by atoms with Crippen molar-refractivity contribution < 1.29 is 17.9 Å². The lowest BCUT2D eigenvalue weighted by Gasteiger charge is -2.39. The van der Waals surface area contributed by atoms with Crippen LogP contribution in [0.3, 0.4) is 0 Å². The summed E-state index contributed by atoms with van der Waals surface area (Å²) in [6.45, 7) is 5.37. The number of halogens is 3. The van der Waals surface area contributed by atoms with Crippen molar-refractivity contribution >= 4 is 22.9 Å². The third-order valence-corrected chi connectivity index (χ3v) is 3.58. The van der Waals surface area contributed by atoms with E-state index in [0.717, 1.165) is 6.07 Å². The number of thiocarbonyl (C=S) groups is 1. The molecule has 1 aromatic carbocycles. The van der Waals surface area contributed by atoms with Crippen LogP contribution in [0.25, 0.3) is 0 Å². The Morgan fingerprint density at radius 1 is 1.38 bits per heavy atom. The lowest BCUT2D eigenvalue weighted by atomic mass is 10.0. The molecule has 1 aliphatic heterocycles. The van der Waals surface area contributed by atoms with Gasteiger partial charge in [0.05, 0.1) is 17.8 Å². The fourth-order valence-corrected chi connectivity index (χ4v) is 2.59. The van der Waals surface area contributed by atoms with E-state index in [1.165, 1.54) is 6.07 Å². The average molecular weight is 318 g/mol. The van der Waals surface area contributed by atoms with Crippen molar-refractivity contribution in [1.82, 2.24) is 0 Å². The van der Waals surface area contributed by atoms with Gasteiger partial charge in [0.15, 0.2) is 0 Å². The Morgan fingerprint density at radius 2 is 2.05 bits per heavy atom. The van der Waals surface area contributed by atoms with E-state index in [1.54, 1.807) is 6.07 Å². The number of ether oxygens (including phenoxy) is 1. The van der Waals surface area contributed by atoms with Gasteiger partial charge in [-0.05, 0) is 32.0 Å². The Kier molecular flexibility index (Phi) is 4.17. The monoisotopic (exact) mass is 318 g/mol. The zero-order valence-electron chi connectivity index (χ0n) is 11.8. The lowest BCUT2D eigenvalue weighted by Crippen LogP contribution is -2.48. The highest BCUT2D eigenvalue weighted by Crippen LogP contribution is 2.35. The first-order valence-corrected chi connectivity index (χ1v) is 6.91. The minimum absolute atomic E-state index is 0.145. The Hall–Kier alpha value is -1.34. The molecular weight excluding hydrogens is 301 g/mol. The van der Waals surface area contributed by atoms with Gasteiger partial charge >= 0.3 is 6.18 Å². The SMILES string of the molecule is CC1(C)CN(c2ccc(C(N)=S)c(C(F)(F)F)c2)CCO1. The molecule has 2 N–H and O–H groups in total. The summed E-state index contributed by atoms with van der Waals surface area (Å²) in [5.41, 5.74) is 4.55. The first kappa shape index (κ1) is 16.0. The molecule has 0 saturated carbocycles. The van der Waals surface area contributed by atoms with E-state index < -0.39 is 17.3 Å². The van der Waals surface area contributed by atoms with Crippen molar-refractivity contribution in [2.75, 3.05) is 24.6 Å². The molecule has 0 spiro atoms. The van der Waals surface area contributed by atoms with Gasteiger partial charge in [0, 0.05) is 24.3 Å². The molecule has 1 saturated heterocycles. The first-order chi connectivity index (χ1) is 9.60. The average Bonchev–Trinajstić information content (AvgIpc) is 2.35. The maximum Gasteiger partial charge on any atom is 0.417 e. The maximum absolute atomic E-state index is 13.1. The molecule has 1 aromatic rings. The highest BCUT2D eigenvalue weighted by molar-refractivity contribution is 7.80. The van der Waals surface area contributed by atoms with Crippen LogP contribution in [0, 0.1) is 0 Å². The van der Waals surface area contributed by atoms with E-state index in [4.69, 9.17) is 22.7 Å². The fraction of sp³-hybridized carbons (Fsp3) is 0.500. The van der Waals surface area contributed by atoms with Crippen LogP contribution in [0.4, 0.5) is 18.9 Å². The van der Waals surface area contributed by atoms with Crippen LogP contribution < -0.4 is 10.6 Å². The van der Waals surface area contributed by atoms with Gasteiger partial charge in [-0.15, -0.1) is 0 Å². The molecule has 0 amide bonds. The second kappa shape index (κ2) is 5.46. The van der Waals surface area contributed by atoms with E-state index >= 15 is 0 Å². The van der Waals surface area contributed by atoms with Gasteiger partial charge in [0.25, 0.3) is 0 Å². The zero-order valence-corrected chi connectivity index (χ0v) is 12.6. The Balaban J connectivity index is 2.40. The highest BCUT2D eigenvalue weighted by atomic mass is 32.1. The number of hydrogen-bond donors (Lipinski definition) is 1. The summed E-state index contributed by atoms with van der Waals surface area (Å²) >= 11 is 4.70. The van der Waals surface area contributed by atoms with E-state index in [9.17, 15) is 13.2 Å². The van der Waals surface area contributed by atoms with Crippen LogP contribution in [0.1, 0.15) is 25.0 Å². The van der Waals surface area contributed by atoms with Crippen LogP contribution >= 0.6 is 12.2 Å². The van der Waals surface area contributed by atoms with Crippen molar-refractivity contribution in [3.05, 3.63) is 29.3 Å². The predicted molar refractivity (Wildman–Crippen MR) is 79.6 cm³/mol. The number of nitrogens with two attached hydrogens (primary N) is 1. The highest BCUT2D eigenvalue weighted by Gasteiger charge is 2.35. The molecule has 116 valence electrons. The second-order valence-corrected chi connectivity index (χ2v) is 6.06. The molecule has 0 aromatic heterocycles. The normalized spacial score (nSPS) is 18.6.